The average molecular weight is 453 g/mol. The molecule has 0 unspecified atom stereocenters. The molecule has 1 N–H and O–H groups in total. The zero-order valence-corrected chi connectivity index (χ0v) is 19.6. The van der Waals surface area contributed by atoms with Gasteiger partial charge in [0.25, 0.3) is 0 Å². The molecule has 2 saturated heterocycles. The second-order valence-corrected chi connectivity index (χ2v) is 10.1. The third-order valence-electron chi connectivity index (χ3n) is 7.88. The molecule has 33 heavy (non-hydrogen) atoms. The summed E-state index contributed by atoms with van der Waals surface area (Å²) in [5, 5.41) is 9.49. The largest absolute Gasteiger partial charge is 0.495 e. The fourth-order valence-electron chi connectivity index (χ4n) is 5.86. The van der Waals surface area contributed by atoms with Crippen molar-refractivity contribution in [3.63, 3.8) is 0 Å². The van der Waals surface area contributed by atoms with Gasteiger partial charge in [0, 0.05) is 50.2 Å². The number of carboxylic acid groups (broad SMARTS) is 1. The van der Waals surface area contributed by atoms with E-state index in [1.165, 1.54) is 24.2 Å². The molecule has 3 aliphatic heterocycles. The second kappa shape index (κ2) is 8.20. The number of ether oxygens (including phenoxy) is 2. The average Bonchev–Trinajstić information content (AvgIpc) is 3.20. The van der Waals surface area contributed by atoms with Crippen LogP contribution < -0.4 is 15.1 Å². The summed E-state index contributed by atoms with van der Waals surface area (Å²) in [4.78, 5) is 26.6. The molecule has 0 amide bonds. The van der Waals surface area contributed by atoms with Gasteiger partial charge in [0.15, 0.2) is 5.43 Å². The Labute approximate surface area is 193 Å². The van der Waals surface area contributed by atoms with E-state index in [9.17, 15) is 14.7 Å². The first-order valence-electron chi connectivity index (χ1n) is 11.9. The molecule has 5 rings (SSSR count). The predicted octanol–water partition coefficient (Wildman–Crippen LogP) is 3.98. The third kappa shape index (κ3) is 3.72. The van der Waals surface area contributed by atoms with Crippen LogP contribution in [0.2, 0.25) is 0 Å². The van der Waals surface area contributed by atoms with Gasteiger partial charge in [0.2, 0.25) is 0 Å². The predicted molar refractivity (Wildman–Crippen MR) is 127 cm³/mol. The van der Waals surface area contributed by atoms with Crippen molar-refractivity contribution in [2.45, 2.75) is 45.6 Å². The van der Waals surface area contributed by atoms with Crippen molar-refractivity contribution in [2.24, 2.45) is 11.3 Å². The highest BCUT2D eigenvalue weighted by Crippen LogP contribution is 2.47. The SMILES string of the molecule is COc1cc2c(cc1N1CCC3(CCOCC3)C1)C[C@H](C(C)C)n1cc(C(=O)O)c(=O)cc1-2. The lowest BCUT2D eigenvalue weighted by Crippen LogP contribution is -2.33. The summed E-state index contributed by atoms with van der Waals surface area (Å²) in [7, 11) is 1.69. The Kier molecular flexibility index (Phi) is 5.47. The molecule has 7 nitrogen and oxygen atoms in total. The summed E-state index contributed by atoms with van der Waals surface area (Å²) in [5.74, 6) is -0.112. The van der Waals surface area contributed by atoms with Crippen molar-refractivity contribution in [3.8, 4) is 17.0 Å². The summed E-state index contributed by atoms with van der Waals surface area (Å²) in [6, 6.07) is 5.82. The summed E-state index contributed by atoms with van der Waals surface area (Å²) >= 11 is 0. The van der Waals surface area contributed by atoms with Crippen LogP contribution >= 0.6 is 0 Å². The van der Waals surface area contributed by atoms with Crippen LogP contribution in [0, 0.1) is 11.3 Å². The van der Waals surface area contributed by atoms with Gasteiger partial charge >= 0.3 is 5.97 Å². The van der Waals surface area contributed by atoms with Gasteiger partial charge in [-0.2, -0.15) is 0 Å². The minimum absolute atomic E-state index is 0.0767. The molecule has 1 atom stereocenters. The summed E-state index contributed by atoms with van der Waals surface area (Å²) < 4.78 is 13.4. The molecule has 0 saturated carbocycles. The summed E-state index contributed by atoms with van der Waals surface area (Å²) in [5.41, 5.74) is 3.68. The lowest BCUT2D eigenvalue weighted by atomic mass is 9.80. The molecule has 1 aromatic heterocycles. The van der Waals surface area contributed by atoms with E-state index >= 15 is 0 Å². The molecule has 2 fully saturated rings. The van der Waals surface area contributed by atoms with Crippen molar-refractivity contribution in [1.82, 2.24) is 4.57 Å². The van der Waals surface area contributed by atoms with Gasteiger partial charge in [0.1, 0.15) is 11.3 Å². The molecule has 1 aromatic carbocycles. The van der Waals surface area contributed by atoms with Crippen LogP contribution in [0.5, 0.6) is 5.75 Å². The molecule has 1 spiro atoms. The van der Waals surface area contributed by atoms with Crippen LogP contribution in [0.4, 0.5) is 5.69 Å². The summed E-state index contributed by atoms with van der Waals surface area (Å²) in [6.07, 6.45) is 5.68. The monoisotopic (exact) mass is 452 g/mol. The Hall–Kier alpha value is -2.80. The maximum absolute atomic E-state index is 12.6. The van der Waals surface area contributed by atoms with Gasteiger partial charge in [-0.1, -0.05) is 13.8 Å². The van der Waals surface area contributed by atoms with Crippen molar-refractivity contribution < 1.29 is 19.4 Å². The van der Waals surface area contributed by atoms with Gasteiger partial charge in [-0.15, -0.1) is 0 Å². The molecule has 7 heteroatoms. The second-order valence-electron chi connectivity index (χ2n) is 10.1. The first-order chi connectivity index (χ1) is 15.8. The van der Waals surface area contributed by atoms with E-state index in [0.29, 0.717) is 5.41 Å². The number of benzene rings is 1. The number of hydrogen-bond acceptors (Lipinski definition) is 5. The van der Waals surface area contributed by atoms with Gasteiger partial charge in [0.05, 0.1) is 18.5 Å². The van der Waals surface area contributed by atoms with Crippen LogP contribution in [-0.4, -0.2) is 49.1 Å². The minimum Gasteiger partial charge on any atom is -0.495 e. The number of carbonyl (C=O) groups is 1. The van der Waals surface area contributed by atoms with Gasteiger partial charge < -0.3 is 24.0 Å². The number of aromatic carboxylic acids is 1. The number of carboxylic acids is 1. The molecular formula is C26H32N2O5. The van der Waals surface area contributed by atoms with Crippen LogP contribution in [0.25, 0.3) is 11.3 Å². The highest BCUT2D eigenvalue weighted by atomic mass is 16.5. The summed E-state index contributed by atoms with van der Waals surface area (Å²) in [6.45, 7) is 7.97. The van der Waals surface area contributed by atoms with Gasteiger partial charge in [-0.3, -0.25) is 4.79 Å². The lowest BCUT2D eigenvalue weighted by Gasteiger charge is -2.35. The first-order valence-corrected chi connectivity index (χ1v) is 11.9. The zero-order valence-electron chi connectivity index (χ0n) is 19.6. The van der Waals surface area contributed by atoms with Crippen molar-refractivity contribution in [1.29, 1.82) is 0 Å². The van der Waals surface area contributed by atoms with E-state index in [2.05, 4.69) is 24.8 Å². The number of nitrogens with zero attached hydrogens (tertiary/aromatic N) is 2. The Balaban J connectivity index is 1.59. The maximum Gasteiger partial charge on any atom is 0.341 e. The van der Waals surface area contributed by atoms with Gasteiger partial charge in [-0.25, -0.2) is 4.79 Å². The van der Waals surface area contributed by atoms with Crippen LogP contribution in [0.1, 0.15) is 55.1 Å². The minimum atomic E-state index is -1.19. The van der Waals surface area contributed by atoms with Crippen molar-refractivity contribution in [3.05, 3.63) is 45.7 Å². The fraction of sp³-hybridized carbons (Fsp3) is 0.538. The molecule has 4 heterocycles. The third-order valence-corrected chi connectivity index (χ3v) is 7.88. The van der Waals surface area contributed by atoms with Crippen LogP contribution in [0.15, 0.2) is 29.2 Å². The smallest absolute Gasteiger partial charge is 0.341 e. The number of pyridine rings is 1. The Morgan fingerprint density at radius 3 is 2.64 bits per heavy atom. The highest BCUT2D eigenvalue weighted by molar-refractivity contribution is 5.88. The Bertz CT molecular complexity index is 1150. The number of aromatic nitrogens is 1. The van der Waals surface area contributed by atoms with Crippen LogP contribution in [0.3, 0.4) is 0 Å². The maximum atomic E-state index is 12.6. The number of fused-ring (bicyclic) bond motifs is 3. The van der Waals surface area contributed by atoms with Gasteiger partial charge in [-0.05, 0) is 54.7 Å². The molecule has 0 bridgehead atoms. The number of rotatable bonds is 4. The zero-order chi connectivity index (χ0) is 23.3. The molecule has 0 radical (unpaired) electrons. The molecule has 176 valence electrons. The first kappa shape index (κ1) is 22.0. The quantitative estimate of drug-likeness (QED) is 0.756. The van der Waals surface area contributed by atoms with E-state index in [0.717, 1.165) is 68.3 Å². The topological polar surface area (TPSA) is 81.0 Å². The van der Waals surface area contributed by atoms with E-state index in [-0.39, 0.29) is 17.5 Å². The number of methoxy groups -OCH3 is 1. The Morgan fingerprint density at radius 1 is 1.21 bits per heavy atom. The number of anilines is 1. The normalized spacial score (nSPS) is 21.2. The fourth-order valence-corrected chi connectivity index (χ4v) is 5.86. The molecule has 3 aliphatic rings. The number of hydrogen-bond donors (Lipinski definition) is 1. The highest BCUT2D eigenvalue weighted by Gasteiger charge is 2.40. The standard InChI is InChI=1S/C26H32N2O5/c1-16(2)20-10-17-11-22(27-7-4-26(15-27)5-8-33-9-6-26)24(32-3)12-18(17)21-13-23(29)19(25(30)31)14-28(20)21/h11-14,16,20H,4-10,15H2,1-3H3,(H,30,31)/t20-/m1/s1. The molecular weight excluding hydrogens is 420 g/mol. The van der Waals surface area contributed by atoms with E-state index in [1.54, 1.807) is 7.11 Å². The van der Waals surface area contributed by atoms with Crippen molar-refractivity contribution >= 4 is 11.7 Å². The van der Waals surface area contributed by atoms with E-state index in [1.807, 2.05) is 10.6 Å². The Morgan fingerprint density at radius 2 is 1.97 bits per heavy atom. The van der Waals surface area contributed by atoms with E-state index in [4.69, 9.17) is 9.47 Å². The van der Waals surface area contributed by atoms with Crippen molar-refractivity contribution in [2.75, 3.05) is 38.3 Å². The molecule has 2 aromatic rings. The van der Waals surface area contributed by atoms with E-state index < -0.39 is 11.4 Å². The molecule has 0 aliphatic carbocycles. The van der Waals surface area contributed by atoms with Crippen LogP contribution in [-0.2, 0) is 11.2 Å². The lowest BCUT2D eigenvalue weighted by molar-refractivity contribution is 0.0254.